The molecule has 1 aliphatic rings. The van der Waals surface area contributed by atoms with E-state index in [0.717, 1.165) is 6.42 Å². The smallest absolute Gasteiger partial charge is 0.235 e. The molecule has 0 radical (unpaired) electrons. The minimum atomic E-state index is -0.0320. The Hall–Kier alpha value is -0.240. The van der Waals surface area contributed by atoms with Crippen LogP contribution in [0.15, 0.2) is 0 Å². The molecule has 1 amide bonds. The van der Waals surface area contributed by atoms with Crippen LogP contribution in [0, 0.1) is 5.92 Å². The third-order valence-electron chi connectivity index (χ3n) is 2.58. The second kappa shape index (κ2) is 4.70. The highest BCUT2D eigenvalue weighted by Gasteiger charge is 2.21. The summed E-state index contributed by atoms with van der Waals surface area (Å²) in [7, 11) is 0. The molecule has 0 aromatic carbocycles. The number of amides is 1. The summed E-state index contributed by atoms with van der Waals surface area (Å²) in [5.74, 6) is 0.671. The largest absolute Gasteiger partial charge is 0.352 e. The van der Waals surface area contributed by atoms with Crippen molar-refractivity contribution in [2.75, 3.05) is 5.88 Å². The number of hydrogen-bond acceptors (Lipinski definition) is 1. The monoisotopic (exact) mass is 189 g/mol. The normalized spacial score (nSPS) is 29.8. The molecule has 0 saturated heterocycles. The molecule has 0 spiro atoms. The predicted molar refractivity (Wildman–Crippen MR) is 50.3 cm³/mol. The van der Waals surface area contributed by atoms with Gasteiger partial charge in [-0.25, -0.2) is 0 Å². The van der Waals surface area contributed by atoms with Crippen molar-refractivity contribution in [1.82, 2.24) is 5.32 Å². The fourth-order valence-corrected chi connectivity index (χ4v) is 1.85. The standard InChI is InChI=1S/C9H16ClNO/c1-7-4-2-3-5-8(7)11-9(12)6-10/h7-8H,2-6H2,1H3,(H,11,12). The van der Waals surface area contributed by atoms with Crippen molar-refractivity contribution < 1.29 is 4.79 Å². The number of carbonyl (C=O) groups is 1. The van der Waals surface area contributed by atoms with Crippen LogP contribution in [-0.2, 0) is 4.79 Å². The quantitative estimate of drug-likeness (QED) is 0.661. The maximum atomic E-state index is 11.0. The molecule has 1 aliphatic carbocycles. The minimum Gasteiger partial charge on any atom is -0.352 e. The molecule has 0 aliphatic heterocycles. The molecule has 2 unspecified atom stereocenters. The third-order valence-corrected chi connectivity index (χ3v) is 2.82. The van der Waals surface area contributed by atoms with Crippen molar-refractivity contribution in [1.29, 1.82) is 0 Å². The van der Waals surface area contributed by atoms with Gasteiger partial charge in [-0.2, -0.15) is 0 Å². The summed E-state index contributed by atoms with van der Waals surface area (Å²) in [6.45, 7) is 2.19. The second-order valence-electron chi connectivity index (χ2n) is 3.57. The van der Waals surface area contributed by atoms with Crippen LogP contribution >= 0.6 is 11.6 Å². The van der Waals surface area contributed by atoms with E-state index in [2.05, 4.69) is 12.2 Å². The zero-order chi connectivity index (χ0) is 8.97. The lowest BCUT2D eigenvalue weighted by molar-refractivity contribution is -0.119. The number of hydrogen-bond donors (Lipinski definition) is 1. The summed E-state index contributed by atoms with van der Waals surface area (Å²) in [4.78, 5) is 11.0. The zero-order valence-corrected chi connectivity index (χ0v) is 8.23. The molecule has 3 heteroatoms. The van der Waals surface area contributed by atoms with Gasteiger partial charge >= 0.3 is 0 Å². The van der Waals surface area contributed by atoms with Crippen LogP contribution in [0.25, 0.3) is 0 Å². The average molecular weight is 190 g/mol. The SMILES string of the molecule is CC1CCCCC1NC(=O)CCl. The molecular formula is C9H16ClNO. The Labute approximate surface area is 78.7 Å². The molecule has 1 fully saturated rings. The van der Waals surface area contributed by atoms with Crippen molar-refractivity contribution in [2.24, 2.45) is 5.92 Å². The first-order chi connectivity index (χ1) is 5.74. The lowest BCUT2D eigenvalue weighted by atomic mass is 9.86. The second-order valence-corrected chi connectivity index (χ2v) is 3.84. The van der Waals surface area contributed by atoms with E-state index in [1.54, 1.807) is 0 Å². The first kappa shape index (κ1) is 9.85. The fourth-order valence-electron chi connectivity index (χ4n) is 1.78. The number of halogens is 1. The lowest BCUT2D eigenvalue weighted by Crippen LogP contribution is -2.41. The van der Waals surface area contributed by atoms with Gasteiger partial charge in [0, 0.05) is 6.04 Å². The Kier molecular flexibility index (Phi) is 3.86. The van der Waals surface area contributed by atoms with Crippen molar-refractivity contribution in [3.05, 3.63) is 0 Å². The minimum absolute atomic E-state index is 0.0320. The van der Waals surface area contributed by atoms with E-state index in [1.807, 2.05) is 0 Å². The summed E-state index contributed by atoms with van der Waals surface area (Å²) in [5.41, 5.74) is 0. The van der Waals surface area contributed by atoms with Gasteiger partial charge in [0.1, 0.15) is 5.88 Å². The highest BCUT2D eigenvalue weighted by molar-refractivity contribution is 6.27. The molecule has 1 rings (SSSR count). The van der Waals surface area contributed by atoms with Gasteiger partial charge in [-0.05, 0) is 18.8 Å². The van der Waals surface area contributed by atoms with Crippen LogP contribution in [0.4, 0.5) is 0 Å². The maximum Gasteiger partial charge on any atom is 0.235 e. The van der Waals surface area contributed by atoms with Gasteiger partial charge in [0.25, 0.3) is 0 Å². The van der Waals surface area contributed by atoms with Crippen molar-refractivity contribution in [3.63, 3.8) is 0 Å². The van der Waals surface area contributed by atoms with Crippen LogP contribution < -0.4 is 5.32 Å². The fraction of sp³-hybridized carbons (Fsp3) is 0.889. The highest BCUT2D eigenvalue weighted by atomic mass is 35.5. The molecular weight excluding hydrogens is 174 g/mol. The Balaban J connectivity index is 2.33. The van der Waals surface area contributed by atoms with E-state index in [1.165, 1.54) is 19.3 Å². The van der Waals surface area contributed by atoms with Gasteiger partial charge in [0.15, 0.2) is 0 Å². The molecule has 2 nitrogen and oxygen atoms in total. The number of rotatable bonds is 2. The summed E-state index contributed by atoms with van der Waals surface area (Å²) >= 11 is 5.41. The molecule has 1 saturated carbocycles. The predicted octanol–water partition coefficient (Wildman–Crippen LogP) is 1.92. The Morgan fingerprint density at radius 1 is 1.50 bits per heavy atom. The molecule has 0 aromatic rings. The number of carbonyl (C=O) groups excluding carboxylic acids is 1. The summed E-state index contributed by atoms with van der Waals surface area (Å²) in [6.07, 6.45) is 4.88. The highest BCUT2D eigenvalue weighted by Crippen LogP contribution is 2.23. The van der Waals surface area contributed by atoms with Crippen LogP contribution in [0.2, 0.25) is 0 Å². The van der Waals surface area contributed by atoms with Crippen molar-refractivity contribution >= 4 is 17.5 Å². The summed E-state index contributed by atoms with van der Waals surface area (Å²) in [6, 6.07) is 0.366. The van der Waals surface area contributed by atoms with E-state index < -0.39 is 0 Å². The van der Waals surface area contributed by atoms with Crippen LogP contribution in [0.3, 0.4) is 0 Å². The van der Waals surface area contributed by atoms with Gasteiger partial charge in [-0.1, -0.05) is 19.8 Å². The molecule has 0 bridgehead atoms. The molecule has 2 atom stereocenters. The van der Waals surface area contributed by atoms with Crippen LogP contribution in [0.1, 0.15) is 32.6 Å². The number of alkyl halides is 1. The van der Waals surface area contributed by atoms with Gasteiger partial charge in [0.05, 0.1) is 0 Å². The maximum absolute atomic E-state index is 11.0. The lowest BCUT2D eigenvalue weighted by Gasteiger charge is -2.29. The average Bonchev–Trinajstić information content (AvgIpc) is 2.09. The van der Waals surface area contributed by atoms with Gasteiger partial charge in [-0.15, -0.1) is 11.6 Å². The summed E-state index contributed by atoms with van der Waals surface area (Å²) < 4.78 is 0. The Morgan fingerprint density at radius 3 is 2.75 bits per heavy atom. The molecule has 12 heavy (non-hydrogen) atoms. The van der Waals surface area contributed by atoms with Gasteiger partial charge < -0.3 is 5.32 Å². The van der Waals surface area contributed by atoms with Crippen LogP contribution in [-0.4, -0.2) is 17.8 Å². The molecule has 70 valence electrons. The van der Waals surface area contributed by atoms with E-state index in [-0.39, 0.29) is 11.8 Å². The van der Waals surface area contributed by atoms with Crippen LogP contribution in [0.5, 0.6) is 0 Å². The van der Waals surface area contributed by atoms with Gasteiger partial charge in [0.2, 0.25) is 5.91 Å². The van der Waals surface area contributed by atoms with E-state index in [4.69, 9.17) is 11.6 Å². The summed E-state index contributed by atoms with van der Waals surface area (Å²) in [5, 5.41) is 2.95. The Bertz CT molecular complexity index is 161. The van der Waals surface area contributed by atoms with E-state index >= 15 is 0 Å². The first-order valence-corrected chi connectivity index (χ1v) is 5.13. The third kappa shape index (κ3) is 2.67. The molecule has 1 N–H and O–H groups in total. The van der Waals surface area contributed by atoms with Crippen molar-refractivity contribution in [3.8, 4) is 0 Å². The van der Waals surface area contributed by atoms with Gasteiger partial charge in [-0.3, -0.25) is 4.79 Å². The van der Waals surface area contributed by atoms with Crippen molar-refractivity contribution in [2.45, 2.75) is 38.6 Å². The molecule has 0 aromatic heterocycles. The first-order valence-electron chi connectivity index (χ1n) is 4.59. The Morgan fingerprint density at radius 2 is 2.17 bits per heavy atom. The van der Waals surface area contributed by atoms with E-state index in [9.17, 15) is 4.79 Å². The topological polar surface area (TPSA) is 29.1 Å². The van der Waals surface area contributed by atoms with E-state index in [0.29, 0.717) is 12.0 Å². The number of nitrogens with one attached hydrogen (secondary N) is 1. The zero-order valence-electron chi connectivity index (χ0n) is 7.48. The molecule has 0 heterocycles.